The van der Waals surface area contributed by atoms with Crippen LogP contribution in [0.25, 0.3) is 0 Å². The maximum atomic E-state index is 10.0. The molecule has 2 N–H and O–H groups in total. The van der Waals surface area contributed by atoms with Crippen molar-refractivity contribution in [2.45, 2.75) is 65.0 Å². The van der Waals surface area contributed by atoms with Crippen molar-refractivity contribution in [2.24, 2.45) is 5.41 Å². The van der Waals surface area contributed by atoms with E-state index in [1.54, 1.807) is 6.07 Å². The van der Waals surface area contributed by atoms with E-state index in [-0.39, 0.29) is 6.04 Å². The van der Waals surface area contributed by atoms with E-state index < -0.39 is 0 Å². The van der Waals surface area contributed by atoms with Crippen LogP contribution in [-0.4, -0.2) is 11.1 Å². The van der Waals surface area contributed by atoms with Gasteiger partial charge in [-0.15, -0.1) is 0 Å². The van der Waals surface area contributed by atoms with E-state index in [2.05, 4.69) is 26.1 Å². The van der Waals surface area contributed by atoms with Crippen LogP contribution in [0.4, 0.5) is 0 Å². The van der Waals surface area contributed by atoms with Crippen LogP contribution in [-0.2, 0) is 0 Å². The number of phenolic OH excluding ortho intramolecular Hbond substituents is 1. The number of phenols is 1. The Morgan fingerprint density at radius 3 is 2.68 bits per heavy atom. The molecule has 1 aliphatic carbocycles. The third kappa shape index (κ3) is 3.30. The first-order valence-electron chi connectivity index (χ1n) is 7.58. The second-order valence-corrected chi connectivity index (χ2v) is 6.47. The average molecular weight is 261 g/mol. The maximum Gasteiger partial charge on any atom is 0.120 e. The molecule has 1 aromatic carbocycles. The number of aromatic hydroxyl groups is 1. The van der Waals surface area contributed by atoms with E-state index in [4.69, 9.17) is 0 Å². The van der Waals surface area contributed by atoms with Gasteiger partial charge in [-0.2, -0.15) is 0 Å². The molecular weight excluding hydrogens is 234 g/mol. The second kappa shape index (κ2) is 5.96. The van der Waals surface area contributed by atoms with Crippen molar-refractivity contribution >= 4 is 0 Å². The number of benzene rings is 1. The van der Waals surface area contributed by atoms with Crippen LogP contribution in [0.5, 0.6) is 5.75 Å². The van der Waals surface area contributed by atoms with Crippen LogP contribution in [0.1, 0.15) is 64.5 Å². The zero-order valence-corrected chi connectivity index (χ0v) is 12.4. The number of nitrogens with one attached hydrogen (secondary N) is 1. The smallest absolute Gasteiger partial charge is 0.120 e. The summed E-state index contributed by atoms with van der Waals surface area (Å²) in [6.07, 6.45) is 6.21. The van der Waals surface area contributed by atoms with E-state index in [0.717, 1.165) is 12.0 Å². The zero-order chi connectivity index (χ0) is 13.9. The third-order valence-corrected chi connectivity index (χ3v) is 4.63. The van der Waals surface area contributed by atoms with Gasteiger partial charge in [-0.05, 0) is 30.7 Å². The van der Waals surface area contributed by atoms with Crippen molar-refractivity contribution < 1.29 is 5.11 Å². The molecule has 106 valence electrons. The van der Waals surface area contributed by atoms with E-state index in [1.165, 1.54) is 25.7 Å². The molecule has 0 aromatic heterocycles. The molecule has 2 unspecified atom stereocenters. The van der Waals surface area contributed by atoms with Gasteiger partial charge in [-0.1, -0.05) is 51.8 Å². The molecule has 2 heteroatoms. The minimum atomic E-state index is 0.253. The normalized spacial score (nSPS) is 24.1. The molecule has 0 saturated heterocycles. The lowest BCUT2D eigenvalue weighted by Crippen LogP contribution is -2.45. The Hall–Kier alpha value is -1.02. The fourth-order valence-corrected chi connectivity index (χ4v) is 3.26. The average Bonchev–Trinajstić information content (AvgIpc) is 2.38. The van der Waals surface area contributed by atoms with Gasteiger partial charge in [0.15, 0.2) is 0 Å². The minimum absolute atomic E-state index is 0.253. The number of hydrogen-bond acceptors (Lipinski definition) is 2. The Kier molecular flexibility index (Phi) is 4.51. The fourth-order valence-electron chi connectivity index (χ4n) is 3.26. The van der Waals surface area contributed by atoms with Gasteiger partial charge in [0.25, 0.3) is 0 Å². The highest BCUT2D eigenvalue weighted by molar-refractivity contribution is 5.34. The van der Waals surface area contributed by atoms with E-state index >= 15 is 0 Å². The molecule has 1 aromatic rings. The van der Waals surface area contributed by atoms with Gasteiger partial charge in [0.2, 0.25) is 0 Å². The molecule has 0 spiro atoms. The highest BCUT2D eigenvalue weighted by Crippen LogP contribution is 2.37. The molecule has 0 amide bonds. The van der Waals surface area contributed by atoms with Gasteiger partial charge in [0, 0.05) is 17.6 Å². The van der Waals surface area contributed by atoms with Crippen LogP contribution < -0.4 is 5.32 Å². The molecule has 2 atom stereocenters. The highest BCUT2D eigenvalue weighted by Gasteiger charge is 2.33. The Balaban J connectivity index is 2.13. The topological polar surface area (TPSA) is 32.3 Å². The molecule has 1 fully saturated rings. The standard InChI is InChI=1S/C17H27NO/c1-4-14(13-9-5-6-10-15(13)19)18-16-11-7-8-12-17(16,2)3/h5-6,9-10,14,16,18-19H,4,7-8,11-12H2,1-3H3. The maximum absolute atomic E-state index is 10.0. The molecular formula is C17H27NO. The van der Waals surface area contributed by atoms with Gasteiger partial charge in [0.05, 0.1) is 0 Å². The molecule has 1 saturated carbocycles. The van der Waals surface area contributed by atoms with Gasteiger partial charge in [0.1, 0.15) is 5.75 Å². The lowest BCUT2D eigenvalue weighted by Gasteiger charge is -2.41. The first kappa shape index (κ1) is 14.4. The summed E-state index contributed by atoms with van der Waals surface area (Å²) in [6, 6.07) is 8.51. The van der Waals surface area contributed by atoms with Crippen molar-refractivity contribution in [3.05, 3.63) is 29.8 Å². The summed E-state index contributed by atoms with van der Waals surface area (Å²) in [5.74, 6) is 0.412. The van der Waals surface area contributed by atoms with E-state index in [1.807, 2.05) is 18.2 Å². The molecule has 0 heterocycles. The summed E-state index contributed by atoms with van der Waals surface area (Å²) in [5.41, 5.74) is 1.39. The largest absolute Gasteiger partial charge is 0.508 e. The van der Waals surface area contributed by atoms with Gasteiger partial charge < -0.3 is 10.4 Å². The van der Waals surface area contributed by atoms with Crippen LogP contribution >= 0.6 is 0 Å². The molecule has 2 nitrogen and oxygen atoms in total. The van der Waals surface area contributed by atoms with Crippen molar-refractivity contribution in [3.63, 3.8) is 0 Å². The predicted octanol–water partition coefficient (Wildman–Crippen LogP) is 4.40. The predicted molar refractivity (Wildman–Crippen MR) is 80.3 cm³/mol. The Labute approximate surface area is 117 Å². The van der Waals surface area contributed by atoms with Crippen molar-refractivity contribution in [3.8, 4) is 5.75 Å². The van der Waals surface area contributed by atoms with Gasteiger partial charge in [-0.3, -0.25) is 0 Å². The summed E-state index contributed by atoms with van der Waals surface area (Å²) in [6.45, 7) is 6.91. The first-order chi connectivity index (χ1) is 9.04. The number of para-hydroxylation sites is 1. The minimum Gasteiger partial charge on any atom is -0.508 e. The zero-order valence-electron chi connectivity index (χ0n) is 12.4. The SMILES string of the molecule is CCC(NC1CCCCC1(C)C)c1ccccc1O. The molecule has 2 rings (SSSR count). The lowest BCUT2D eigenvalue weighted by atomic mass is 9.73. The van der Waals surface area contributed by atoms with Crippen molar-refractivity contribution in [1.29, 1.82) is 0 Å². The number of hydrogen-bond donors (Lipinski definition) is 2. The van der Waals surface area contributed by atoms with Crippen molar-refractivity contribution in [1.82, 2.24) is 5.32 Å². The van der Waals surface area contributed by atoms with Crippen LogP contribution in [0.15, 0.2) is 24.3 Å². The quantitative estimate of drug-likeness (QED) is 0.842. The lowest BCUT2D eigenvalue weighted by molar-refractivity contribution is 0.153. The summed E-state index contributed by atoms with van der Waals surface area (Å²) >= 11 is 0. The van der Waals surface area contributed by atoms with Crippen molar-refractivity contribution in [2.75, 3.05) is 0 Å². The van der Waals surface area contributed by atoms with Gasteiger partial charge in [-0.25, -0.2) is 0 Å². The first-order valence-corrected chi connectivity index (χ1v) is 7.58. The monoisotopic (exact) mass is 261 g/mol. The summed E-state index contributed by atoms with van der Waals surface area (Å²) in [7, 11) is 0. The van der Waals surface area contributed by atoms with E-state index in [0.29, 0.717) is 17.2 Å². The molecule has 0 bridgehead atoms. The van der Waals surface area contributed by atoms with Crippen LogP contribution in [0.3, 0.4) is 0 Å². The Morgan fingerprint density at radius 1 is 1.32 bits per heavy atom. The highest BCUT2D eigenvalue weighted by atomic mass is 16.3. The number of rotatable bonds is 4. The Bertz CT molecular complexity index is 413. The molecule has 0 aliphatic heterocycles. The molecule has 19 heavy (non-hydrogen) atoms. The molecule has 0 radical (unpaired) electrons. The van der Waals surface area contributed by atoms with Crippen LogP contribution in [0, 0.1) is 5.41 Å². The van der Waals surface area contributed by atoms with Gasteiger partial charge >= 0.3 is 0 Å². The summed E-state index contributed by atoms with van der Waals surface area (Å²) < 4.78 is 0. The second-order valence-electron chi connectivity index (χ2n) is 6.47. The Morgan fingerprint density at radius 2 is 2.05 bits per heavy atom. The third-order valence-electron chi connectivity index (χ3n) is 4.63. The molecule has 1 aliphatic rings. The van der Waals surface area contributed by atoms with Crippen LogP contribution in [0.2, 0.25) is 0 Å². The summed E-state index contributed by atoms with van der Waals surface area (Å²) in [4.78, 5) is 0. The van der Waals surface area contributed by atoms with E-state index in [9.17, 15) is 5.11 Å². The summed E-state index contributed by atoms with van der Waals surface area (Å²) in [5, 5.41) is 13.8. The fraction of sp³-hybridized carbons (Fsp3) is 0.647.